The van der Waals surface area contributed by atoms with E-state index in [0.29, 0.717) is 37.8 Å². The van der Waals surface area contributed by atoms with Crippen molar-refractivity contribution in [2.24, 2.45) is 11.8 Å². The number of nitrogens with one attached hydrogen (secondary N) is 2. The Morgan fingerprint density at radius 2 is 1.72 bits per heavy atom. The first-order valence-electron chi connectivity index (χ1n) is 8.96. The highest BCUT2D eigenvalue weighted by molar-refractivity contribution is 7.96. The quantitative estimate of drug-likeness (QED) is 0.380. The van der Waals surface area contributed by atoms with Crippen LogP contribution in [-0.4, -0.2) is 35.4 Å². The predicted molar refractivity (Wildman–Crippen MR) is 107 cm³/mol. The molecule has 1 atom stereocenters. The Morgan fingerprint density at radius 3 is 2.24 bits per heavy atom. The molecule has 2 amide bonds. The standard InChI is InChI=1S/C19H36N2O3S/c1-14(2)15(3)8-9-16(22)20-12-10-19(6,7)24-13-11-18(4,5)21-17(23)25/h8-9,14-15H,10-13H2,1-7H3,(H,20,22)(H2,21,23,25)/b9-8+. The second-order valence-electron chi connectivity index (χ2n) is 8.18. The Morgan fingerprint density at radius 1 is 1.12 bits per heavy atom. The van der Waals surface area contributed by atoms with Crippen molar-refractivity contribution in [2.45, 2.75) is 72.4 Å². The Hall–Kier alpha value is -1.01. The molecule has 5 nitrogen and oxygen atoms in total. The third-order valence-corrected chi connectivity index (χ3v) is 4.41. The molecule has 0 aromatic rings. The smallest absolute Gasteiger partial charge is 0.276 e. The molecule has 0 heterocycles. The highest BCUT2D eigenvalue weighted by Gasteiger charge is 2.22. The summed E-state index contributed by atoms with van der Waals surface area (Å²) in [6.45, 7) is 15.3. The van der Waals surface area contributed by atoms with Crippen LogP contribution >= 0.6 is 12.6 Å². The first-order valence-corrected chi connectivity index (χ1v) is 9.40. The molecule has 0 saturated carbocycles. The third kappa shape index (κ3) is 12.9. The van der Waals surface area contributed by atoms with Crippen molar-refractivity contribution in [1.29, 1.82) is 0 Å². The van der Waals surface area contributed by atoms with E-state index in [1.165, 1.54) is 0 Å². The van der Waals surface area contributed by atoms with Gasteiger partial charge in [-0.05, 0) is 58.4 Å². The second-order valence-corrected chi connectivity index (χ2v) is 8.58. The van der Waals surface area contributed by atoms with Gasteiger partial charge < -0.3 is 15.4 Å². The van der Waals surface area contributed by atoms with E-state index in [0.717, 1.165) is 0 Å². The molecule has 2 N–H and O–H groups in total. The Bertz CT molecular complexity index is 460. The third-order valence-electron chi connectivity index (χ3n) is 4.29. The van der Waals surface area contributed by atoms with E-state index in [2.05, 4.69) is 44.0 Å². The fourth-order valence-corrected chi connectivity index (χ4v) is 2.32. The maximum atomic E-state index is 11.8. The number of carbonyl (C=O) groups is 2. The van der Waals surface area contributed by atoms with Crippen LogP contribution in [0.1, 0.15) is 61.3 Å². The first-order chi connectivity index (χ1) is 11.3. The van der Waals surface area contributed by atoms with Gasteiger partial charge in [-0.2, -0.15) is 0 Å². The van der Waals surface area contributed by atoms with Crippen molar-refractivity contribution in [3.05, 3.63) is 12.2 Å². The van der Waals surface area contributed by atoms with Crippen LogP contribution in [0.25, 0.3) is 0 Å². The van der Waals surface area contributed by atoms with Crippen LogP contribution in [-0.2, 0) is 9.53 Å². The average Bonchev–Trinajstić information content (AvgIpc) is 2.42. The van der Waals surface area contributed by atoms with E-state index in [1.807, 2.05) is 33.8 Å². The van der Waals surface area contributed by atoms with Crippen LogP contribution in [0, 0.1) is 11.8 Å². The summed E-state index contributed by atoms with van der Waals surface area (Å²) in [5, 5.41) is 5.33. The highest BCUT2D eigenvalue weighted by atomic mass is 32.1. The number of thiol groups is 1. The number of allylic oxidation sites excluding steroid dienone is 1. The van der Waals surface area contributed by atoms with E-state index in [-0.39, 0.29) is 22.3 Å². The molecule has 6 heteroatoms. The summed E-state index contributed by atoms with van der Waals surface area (Å²) in [6, 6.07) is 0. The minimum Gasteiger partial charge on any atom is -0.375 e. The molecule has 0 spiro atoms. The van der Waals surface area contributed by atoms with Crippen LogP contribution < -0.4 is 10.6 Å². The lowest BCUT2D eigenvalue weighted by molar-refractivity contribution is -0.116. The lowest BCUT2D eigenvalue weighted by Crippen LogP contribution is -2.42. The van der Waals surface area contributed by atoms with Crippen LogP contribution in [0.15, 0.2) is 12.2 Å². The molecule has 0 aliphatic carbocycles. The molecule has 0 fully saturated rings. The summed E-state index contributed by atoms with van der Waals surface area (Å²) in [5.41, 5.74) is -0.704. The molecule has 25 heavy (non-hydrogen) atoms. The minimum absolute atomic E-state index is 0.0686. The molecule has 0 rings (SSSR count). The van der Waals surface area contributed by atoms with Gasteiger partial charge in [0.1, 0.15) is 0 Å². The minimum atomic E-state index is -0.360. The van der Waals surface area contributed by atoms with Gasteiger partial charge in [0, 0.05) is 18.7 Å². The van der Waals surface area contributed by atoms with Gasteiger partial charge in [0.15, 0.2) is 0 Å². The van der Waals surface area contributed by atoms with Gasteiger partial charge in [-0.3, -0.25) is 9.59 Å². The van der Waals surface area contributed by atoms with Crippen molar-refractivity contribution in [3.63, 3.8) is 0 Å². The molecule has 0 radical (unpaired) electrons. The second kappa shape index (κ2) is 10.9. The Labute approximate surface area is 158 Å². The van der Waals surface area contributed by atoms with Crippen LogP contribution in [0.2, 0.25) is 0 Å². The van der Waals surface area contributed by atoms with Crippen LogP contribution in [0.4, 0.5) is 4.79 Å². The molecule has 146 valence electrons. The maximum absolute atomic E-state index is 11.8. The summed E-state index contributed by atoms with van der Waals surface area (Å²) >= 11 is 3.74. The lowest BCUT2D eigenvalue weighted by atomic mass is 9.98. The number of hydrogen-bond donors (Lipinski definition) is 3. The Kier molecular flexibility index (Phi) is 10.4. The molecular weight excluding hydrogens is 336 g/mol. The molecule has 0 aromatic carbocycles. The zero-order chi connectivity index (χ0) is 19.7. The molecule has 1 unspecified atom stereocenters. The predicted octanol–water partition coefficient (Wildman–Crippen LogP) is 3.94. The topological polar surface area (TPSA) is 67.4 Å². The average molecular weight is 373 g/mol. The van der Waals surface area contributed by atoms with Crippen molar-refractivity contribution in [2.75, 3.05) is 13.2 Å². The summed E-state index contributed by atoms with van der Waals surface area (Å²) < 4.78 is 5.91. The van der Waals surface area contributed by atoms with Crippen molar-refractivity contribution in [3.8, 4) is 0 Å². The zero-order valence-corrected chi connectivity index (χ0v) is 17.7. The zero-order valence-electron chi connectivity index (χ0n) is 16.8. The van der Waals surface area contributed by atoms with Crippen molar-refractivity contribution >= 4 is 23.8 Å². The van der Waals surface area contributed by atoms with Gasteiger partial charge in [0.2, 0.25) is 5.91 Å². The van der Waals surface area contributed by atoms with Gasteiger partial charge in [0.25, 0.3) is 5.24 Å². The van der Waals surface area contributed by atoms with E-state index in [4.69, 9.17) is 4.74 Å². The van der Waals surface area contributed by atoms with Crippen LogP contribution in [0.5, 0.6) is 0 Å². The Balaban J connectivity index is 4.12. The van der Waals surface area contributed by atoms with Gasteiger partial charge >= 0.3 is 0 Å². The SMILES string of the molecule is CC(C)C(C)/C=C/C(=O)NCCC(C)(C)OCCC(C)(C)NC(=O)S. The van der Waals surface area contributed by atoms with E-state index in [1.54, 1.807) is 6.08 Å². The number of carbonyl (C=O) groups excluding carboxylic acids is 2. The summed E-state index contributed by atoms with van der Waals surface area (Å²) in [7, 11) is 0. The number of ether oxygens (including phenoxy) is 1. The number of amides is 2. The fourth-order valence-electron chi connectivity index (χ4n) is 2.01. The van der Waals surface area contributed by atoms with E-state index < -0.39 is 0 Å². The number of hydrogen-bond acceptors (Lipinski definition) is 3. The van der Waals surface area contributed by atoms with Gasteiger partial charge in [-0.15, -0.1) is 0 Å². The molecule has 0 bridgehead atoms. The first kappa shape index (κ1) is 24.0. The van der Waals surface area contributed by atoms with Crippen molar-refractivity contribution in [1.82, 2.24) is 10.6 Å². The normalized spacial score (nSPS) is 14.0. The molecule has 0 saturated heterocycles. The summed E-state index contributed by atoms with van der Waals surface area (Å²) in [6.07, 6.45) is 4.96. The number of rotatable bonds is 11. The summed E-state index contributed by atoms with van der Waals surface area (Å²) in [5.74, 6) is 0.834. The van der Waals surface area contributed by atoms with Gasteiger partial charge in [0.05, 0.1) is 5.60 Å². The van der Waals surface area contributed by atoms with Gasteiger partial charge in [-0.25, -0.2) is 0 Å². The molecular formula is C19H36N2O3S. The molecule has 0 aliphatic heterocycles. The van der Waals surface area contributed by atoms with Crippen molar-refractivity contribution < 1.29 is 14.3 Å². The molecule has 0 aromatic heterocycles. The monoisotopic (exact) mass is 372 g/mol. The molecule has 0 aliphatic rings. The summed E-state index contributed by atoms with van der Waals surface area (Å²) in [4.78, 5) is 22.8. The van der Waals surface area contributed by atoms with E-state index >= 15 is 0 Å². The highest BCUT2D eigenvalue weighted by Crippen LogP contribution is 2.17. The lowest BCUT2D eigenvalue weighted by Gasteiger charge is -2.29. The maximum Gasteiger partial charge on any atom is 0.276 e. The van der Waals surface area contributed by atoms with E-state index in [9.17, 15) is 9.59 Å². The fraction of sp³-hybridized carbons (Fsp3) is 0.789. The largest absolute Gasteiger partial charge is 0.375 e. The van der Waals surface area contributed by atoms with Gasteiger partial charge in [-0.1, -0.05) is 39.5 Å². The van der Waals surface area contributed by atoms with Crippen LogP contribution in [0.3, 0.4) is 0 Å².